The predicted molar refractivity (Wildman–Crippen MR) is 75.7 cm³/mol. The SMILES string of the molecule is O=C(NCC(F)(F)S(=O)(=O)O)c1cc(I)ccc1Br. The van der Waals surface area contributed by atoms with Gasteiger partial charge in [-0.3, -0.25) is 9.35 Å². The molecule has 0 aromatic heterocycles. The second kappa shape index (κ2) is 5.97. The van der Waals surface area contributed by atoms with Crippen molar-refractivity contribution >= 4 is 54.5 Å². The summed E-state index contributed by atoms with van der Waals surface area (Å²) in [5.41, 5.74) is 0.0815. The summed E-state index contributed by atoms with van der Waals surface area (Å²) in [6, 6.07) is 4.68. The Morgan fingerprint density at radius 2 is 2.05 bits per heavy atom. The smallest absolute Gasteiger partial charge is 0.345 e. The van der Waals surface area contributed by atoms with Gasteiger partial charge in [0.1, 0.15) is 0 Å². The number of rotatable bonds is 4. The predicted octanol–water partition coefficient (Wildman–Crippen LogP) is 2.26. The van der Waals surface area contributed by atoms with Crippen LogP contribution in [0.3, 0.4) is 0 Å². The van der Waals surface area contributed by atoms with Crippen molar-refractivity contribution in [2.24, 2.45) is 0 Å². The van der Waals surface area contributed by atoms with Crippen LogP contribution in [0.1, 0.15) is 10.4 Å². The lowest BCUT2D eigenvalue weighted by Crippen LogP contribution is -2.42. The zero-order chi connectivity index (χ0) is 14.8. The molecule has 1 aromatic rings. The molecule has 1 aromatic carbocycles. The molecule has 10 heteroatoms. The van der Waals surface area contributed by atoms with E-state index in [1.54, 1.807) is 17.4 Å². The van der Waals surface area contributed by atoms with E-state index in [0.717, 1.165) is 0 Å². The lowest BCUT2D eigenvalue weighted by Gasteiger charge is -2.14. The molecule has 2 N–H and O–H groups in total. The molecule has 0 spiro atoms. The van der Waals surface area contributed by atoms with Crippen LogP contribution >= 0.6 is 38.5 Å². The van der Waals surface area contributed by atoms with Crippen molar-refractivity contribution < 1.29 is 26.5 Å². The highest BCUT2D eigenvalue weighted by Gasteiger charge is 2.44. The molecule has 106 valence electrons. The summed E-state index contributed by atoms with van der Waals surface area (Å²) < 4.78 is 55.9. The van der Waals surface area contributed by atoms with Gasteiger partial charge in [-0.1, -0.05) is 0 Å². The van der Waals surface area contributed by atoms with E-state index in [1.165, 1.54) is 6.07 Å². The van der Waals surface area contributed by atoms with Crippen molar-refractivity contribution in [3.05, 3.63) is 31.8 Å². The second-order valence-corrected chi connectivity index (χ2v) is 7.07. The molecule has 0 aliphatic carbocycles. The molecular formula is C9H7BrF2INO4S. The van der Waals surface area contributed by atoms with E-state index < -0.39 is 27.8 Å². The molecule has 0 fully saturated rings. The quantitative estimate of drug-likeness (QED) is 0.523. The first-order chi connectivity index (χ1) is 8.54. The molecule has 0 bridgehead atoms. The van der Waals surface area contributed by atoms with E-state index in [9.17, 15) is 22.0 Å². The van der Waals surface area contributed by atoms with Gasteiger partial charge in [-0.25, -0.2) is 0 Å². The Kier molecular flexibility index (Phi) is 5.26. The Hall–Kier alpha value is -0.330. The third-order valence-corrected chi connectivity index (χ3v) is 4.27. The Balaban J connectivity index is 2.85. The van der Waals surface area contributed by atoms with Gasteiger partial charge in [-0.05, 0) is 56.7 Å². The van der Waals surface area contributed by atoms with Gasteiger partial charge in [0, 0.05) is 8.04 Å². The lowest BCUT2D eigenvalue weighted by atomic mass is 10.2. The van der Waals surface area contributed by atoms with E-state index >= 15 is 0 Å². The molecule has 0 aliphatic heterocycles. The van der Waals surface area contributed by atoms with Crippen molar-refractivity contribution in [3.8, 4) is 0 Å². The number of hydrogen-bond donors (Lipinski definition) is 2. The van der Waals surface area contributed by atoms with Gasteiger partial charge in [0.15, 0.2) is 0 Å². The summed E-state index contributed by atoms with van der Waals surface area (Å²) in [6.45, 7) is -1.51. The maximum absolute atomic E-state index is 12.9. The van der Waals surface area contributed by atoms with Crippen molar-refractivity contribution in [1.82, 2.24) is 5.32 Å². The van der Waals surface area contributed by atoms with Gasteiger partial charge >= 0.3 is 15.4 Å². The zero-order valence-electron chi connectivity index (χ0n) is 9.03. The van der Waals surface area contributed by atoms with Crippen LogP contribution < -0.4 is 5.32 Å². The second-order valence-electron chi connectivity index (χ2n) is 3.42. The van der Waals surface area contributed by atoms with Gasteiger partial charge < -0.3 is 5.32 Å². The zero-order valence-corrected chi connectivity index (χ0v) is 13.6. The first-order valence-corrected chi connectivity index (χ1v) is 7.94. The number of benzene rings is 1. The van der Waals surface area contributed by atoms with Crippen LogP contribution in [0.2, 0.25) is 0 Å². The van der Waals surface area contributed by atoms with Gasteiger partial charge in [-0.2, -0.15) is 17.2 Å². The highest BCUT2D eigenvalue weighted by molar-refractivity contribution is 14.1. The third kappa shape index (κ3) is 4.33. The topological polar surface area (TPSA) is 83.5 Å². The first-order valence-electron chi connectivity index (χ1n) is 4.63. The number of halogens is 4. The van der Waals surface area contributed by atoms with Gasteiger partial charge in [0.2, 0.25) is 0 Å². The average Bonchev–Trinajstić information content (AvgIpc) is 2.28. The minimum absolute atomic E-state index is 0.0815. The summed E-state index contributed by atoms with van der Waals surface area (Å²) in [4.78, 5) is 11.6. The summed E-state index contributed by atoms with van der Waals surface area (Å²) in [5.74, 6) is -0.881. The number of alkyl halides is 2. The van der Waals surface area contributed by atoms with Crippen LogP contribution in [0.4, 0.5) is 8.78 Å². The molecule has 0 saturated heterocycles. The highest BCUT2D eigenvalue weighted by atomic mass is 127. The molecule has 0 saturated carbocycles. The van der Waals surface area contributed by atoms with Crippen LogP contribution in [-0.2, 0) is 10.1 Å². The summed E-state index contributed by atoms with van der Waals surface area (Å²) in [6.07, 6.45) is 0. The molecule has 0 unspecified atom stereocenters. The molecule has 0 heterocycles. The molecule has 19 heavy (non-hydrogen) atoms. The number of carbonyl (C=O) groups is 1. The van der Waals surface area contributed by atoms with Gasteiger partial charge in [-0.15, -0.1) is 0 Å². The highest BCUT2D eigenvalue weighted by Crippen LogP contribution is 2.21. The molecular weight excluding hydrogens is 463 g/mol. The van der Waals surface area contributed by atoms with E-state index in [0.29, 0.717) is 8.04 Å². The van der Waals surface area contributed by atoms with Crippen molar-refractivity contribution in [2.75, 3.05) is 6.54 Å². The fourth-order valence-corrected chi connectivity index (χ4v) is 2.21. The van der Waals surface area contributed by atoms with Crippen molar-refractivity contribution in [2.45, 2.75) is 5.25 Å². The van der Waals surface area contributed by atoms with Crippen LogP contribution in [-0.4, -0.2) is 30.7 Å². The van der Waals surface area contributed by atoms with Gasteiger partial charge in [0.05, 0.1) is 12.1 Å². The fraction of sp³-hybridized carbons (Fsp3) is 0.222. The molecule has 1 amide bonds. The normalized spacial score (nSPS) is 12.3. The van der Waals surface area contributed by atoms with Crippen LogP contribution in [0.25, 0.3) is 0 Å². The monoisotopic (exact) mass is 469 g/mol. The fourth-order valence-electron chi connectivity index (χ4n) is 1.04. The van der Waals surface area contributed by atoms with E-state index in [-0.39, 0.29) is 5.56 Å². The molecule has 5 nitrogen and oxygen atoms in total. The minimum Gasteiger partial charge on any atom is -0.345 e. The number of hydrogen-bond acceptors (Lipinski definition) is 3. The van der Waals surface area contributed by atoms with Crippen LogP contribution in [0.5, 0.6) is 0 Å². The summed E-state index contributed by atoms with van der Waals surface area (Å²) >= 11 is 5.00. The van der Waals surface area contributed by atoms with Crippen molar-refractivity contribution in [3.63, 3.8) is 0 Å². The van der Waals surface area contributed by atoms with Gasteiger partial charge in [0.25, 0.3) is 5.91 Å². The molecule has 0 atom stereocenters. The Morgan fingerprint density at radius 3 is 2.58 bits per heavy atom. The Morgan fingerprint density at radius 1 is 1.47 bits per heavy atom. The van der Waals surface area contributed by atoms with E-state index in [2.05, 4.69) is 15.9 Å². The summed E-state index contributed by atoms with van der Waals surface area (Å²) in [7, 11) is -5.56. The molecule has 0 radical (unpaired) electrons. The van der Waals surface area contributed by atoms with Crippen LogP contribution in [0.15, 0.2) is 22.7 Å². The molecule has 1 rings (SSSR count). The number of nitrogens with one attached hydrogen (secondary N) is 1. The largest absolute Gasteiger partial charge is 0.386 e. The van der Waals surface area contributed by atoms with Crippen molar-refractivity contribution in [1.29, 1.82) is 0 Å². The lowest BCUT2D eigenvalue weighted by molar-refractivity contribution is 0.0699. The first kappa shape index (κ1) is 16.7. The summed E-state index contributed by atoms with van der Waals surface area (Å²) in [5, 5.41) is -2.68. The van der Waals surface area contributed by atoms with E-state index in [1.807, 2.05) is 22.6 Å². The molecule has 0 aliphatic rings. The Labute approximate surface area is 129 Å². The third-order valence-electron chi connectivity index (χ3n) is 2.01. The Bertz CT molecular complexity index is 608. The number of amides is 1. The number of carbonyl (C=O) groups excluding carboxylic acids is 1. The average molecular weight is 470 g/mol. The maximum atomic E-state index is 12.9. The van der Waals surface area contributed by atoms with E-state index in [4.69, 9.17) is 4.55 Å². The minimum atomic E-state index is -5.56. The van der Waals surface area contributed by atoms with Crippen LogP contribution in [0, 0.1) is 3.57 Å². The standard InChI is InChI=1S/C9H7BrF2INO4S/c10-7-2-1-5(13)3-6(7)8(15)14-4-9(11,12)19(16,17)18/h1-3H,4H2,(H,14,15)(H,16,17,18). The maximum Gasteiger partial charge on any atom is 0.386 e.